The van der Waals surface area contributed by atoms with E-state index in [1.807, 2.05) is 13.0 Å². The molecule has 0 saturated carbocycles. The fourth-order valence-corrected chi connectivity index (χ4v) is 2.12. The summed E-state index contributed by atoms with van der Waals surface area (Å²) in [5.74, 6) is 0.440. The lowest BCUT2D eigenvalue weighted by molar-refractivity contribution is -0.384. The molecule has 7 heteroatoms. The Hall–Kier alpha value is -2.20. The van der Waals surface area contributed by atoms with Crippen molar-refractivity contribution in [3.8, 4) is 6.07 Å². The lowest BCUT2D eigenvalue weighted by atomic mass is 10.0. The van der Waals surface area contributed by atoms with Gasteiger partial charge < -0.3 is 10.1 Å². The zero-order valence-corrected chi connectivity index (χ0v) is 10.5. The average Bonchev–Trinajstić information content (AvgIpc) is 2.92. The number of nitriles is 1. The molecule has 1 N–H and O–H groups in total. The summed E-state index contributed by atoms with van der Waals surface area (Å²) in [4.78, 5) is 14.5. The van der Waals surface area contributed by atoms with Gasteiger partial charge in [-0.2, -0.15) is 5.26 Å². The molecule has 2 unspecified atom stereocenters. The van der Waals surface area contributed by atoms with Crippen molar-refractivity contribution in [2.75, 3.05) is 18.5 Å². The third kappa shape index (κ3) is 2.80. The van der Waals surface area contributed by atoms with E-state index in [1.54, 1.807) is 0 Å². The van der Waals surface area contributed by atoms with Crippen LogP contribution >= 0.6 is 0 Å². The van der Waals surface area contributed by atoms with Crippen molar-refractivity contribution >= 4 is 11.5 Å². The van der Waals surface area contributed by atoms with Gasteiger partial charge in [-0.25, -0.2) is 4.98 Å². The van der Waals surface area contributed by atoms with Crippen LogP contribution in [0.1, 0.15) is 18.9 Å². The van der Waals surface area contributed by atoms with Crippen molar-refractivity contribution in [1.82, 2.24) is 4.98 Å². The van der Waals surface area contributed by atoms with Gasteiger partial charge in [-0.3, -0.25) is 10.1 Å². The summed E-state index contributed by atoms with van der Waals surface area (Å²) in [7, 11) is 0. The van der Waals surface area contributed by atoms with E-state index in [9.17, 15) is 10.1 Å². The first-order valence-electron chi connectivity index (χ1n) is 6.01. The standard InChI is InChI=1S/C12H14N4O3/c1-8(10-3-5-19-7-10)15-12-11(16(17)18)9(6-13)2-4-14-12/h2,4,8,10H,3,5,7H2,1H3,(H,14,15). The summed E-state index contributed by atoms with van der Waals surface area (Å²) in [6.45, 7) is 3.29. The molecule has 19 heavy (non-hydrogen) atoms. The van der Waals surface area contributed by atoms with E-state index in [-0.39, 0.29) is 23.1 Å². The van der Waals surface area contributed by atoms with Crippen LogP contribution in [0.5, 0.6) is 0 Å². The fraction of sp³-hybridized carbons (Fsp3) is 0.500. The van der Waals surface area contributed by atoms with Gasteiger partial charge in [-0.15, -0.1) is 0 Å². The number of hydrogen-bond acceptors (Lipinski definition) is 6. The molecule has 0 amide bonds. The van der Waals surface area contributed by atoms with Crippen LogP contribution in [0.15, 0.2) is 12.3 Å². The molecule has 0 aromatic carbocycles. The highest BCUT2D eigenvalue weighted by molar-refractivity contribution is 5.64. The van der Waals surface area contributed by atoms with Gasteiger partial charge in [0.25, 0.3) is 0 Å². The summed E-state index contributed by atoms with van der Waals surface area (Å²) >= 11 is 0. The van der Waals surface area contributed by atoms with Gasteiger partial charge in [0, 0.05) is 24.8 Å². The molecule has 1 fully saturated rings. The molecule has 0 bridgehead atoms. The molecule has 1 aromatic rings. The monoisotopic (exact) mass is 262 g/mol. The Labute approximate surface area is 110 Å². The number of pyridine rings is 1. The maximum Gasteiger partial charge on any atom is 0.328 e. The summed E-state index contributed by atoms with van der Waals surface area (Å²) in [5, 5.41) is 23.0. The van der Waals surface area contributed by atoms with Crippen LogP contribution in [-0.4, -0.2) is 29.2 Å². The van der Waals surface area contributed by atoms with E-state index in [0.717, 1.165) is 6.42 Å². The molecule has 1 aromatic heterocycles. The third-order valence-corrected chi connectivity index (χ3v) is 3.26. The van der Waals surface area contributed by atoms with Gasteiger partial charge in [0.05, 0.1) is 11.5 Å². The predicted octanol–water partition coefficient (Wildman–Crippen LogP) is 1.70. The first-order valence-corrected chi connectivity index (χ1v) is 6.01. The molecule has 0 spiro atoms. The summed E-state index contributed by atoms with van der Waals surface area (Å²) in [6, 6.07) is 3.16. The Kier molecular flexibility index (Phi) is 3.92. The quantitative estimate of drug-likeness (QED) is 0.654. The van der Waals surface area contributed by atoms with Gasteiger partial charge in [0.1, 0.15) is 11.6 Å². The van der Waals surface area contributed by atoms with Gasteiger partial charge in [0.15, 0.2) is 0 Å². The number of aromatic nitrogens is 1. The largest absolute Gasteiger partial charge is 0.381 e. The average molecular weight is 262 g/mol. The Balaban J connectivity index is 2.24. The minimum absolute atomic E-state index is 0.00245. The van der Waals surface area contributed by atoms with Gasteiger partial charge in [-0.05, 0) is 19.4 Å². The van der Waals surface area contributed by atoms with Crippen molar-refractivity contribution in [2.45, 2.75) is 19.4 Å². The third-order valence-electron chi connectivity index (χ3n) is 3.26. The number of nitrogens with zero attached hydrogens (tertiary/aromatic N) is 3. The van der Waals surface area contributed by atoms with Crippen LogP contribution in [0.2, 0.25) is 0 Å². The van der Waals surface area contributed by atoms with Crippen molar-refractivity contribution < 1.29 is 9.66 Å². The summed E-state index contributed by atoms with van der Waals surface area (Å²) in [6.07, 6.45) is 2.31. The number of ether oxygens (including phenoxy) is 1. The second kappa shape index (κ2) is 5.63. The Morgan fingerprint density at radius 2 is 2.53 bits per heavy atom. The van der Waals surface area contributed by atoms with E-state index < -0.39 is 4.92 Å². The fourth-order valence-electron chi connectivity index (χ4n) is 2.12. The zero-order valence-electron chi connectivity index (χ0n) is 10.5. The lowest BCUT2D eigenvalue weighted by Crippen LogP contribution is -2.27. The van der Waals surface area contributed by atoms with Crippen LogP contribution in [0.25, 0.3) is 0 Å². The van der Waals surface area contributed by atoms with Crippen LogP contribution in [-0.2, 0) is 4.74 Å². The topological polar surface area (TPSA) is 101 Å². The van der Waals surface area contributed by atoms with E-state index in [4.69, 9.17) is 10.00 Å². The number of rotatable bonds is 4. The molecule has 2 heterocycles. The van der Waals surface area contributed by atoms with Crippen molar-refractivity contribution in [1.29, 1.82) is 5.26 Å². The lowest BCUT2D eigenvalue weighted by Gasteiger charge is -2.19. The molecule has 2 rings (SSSR count). The Morgan fingerprint density at radius 1 is 1.74 bits per heavy atom. The van der Waals surface area contributed by atoms with Crippen LogP contribution < -0.4 is 5.32 Å². The molecule has 2 atom stereocenters. The maximum absolute atomic E-state index is 11.1. The molecule has 1 aliphatic heterocycles. The second-order valence-corrected chi connectivity index (χ2v) is 4.48. The SMILES string of the molecule is CC(Nc1nccc(C#N)c1[N+](=O)[O-])C1CCOC1. The summed E-state index contributed by atoms with van der Waals surface area (Å²) < 4.78 is 5.29. The smallest absolute Gasteiger partial charge is 0.328 e. The van der Waals surface area contributed by atoms with Crippen molar-refractivity contribution in [3.05, 3.63) is 27.9 Å². The van der Waals surface area contributed by atoms with Crippen LogP contribution in [0.4, 0.5) is 11.5 Å². The van der Waals surface area contributed by atoms with E-state index >= 15 is 0 Å². The minimum Gasteiger partial charge on any atom is -0.381 e. The van der Waals surface area contributed by atoms with E-state index in [1.165, 1.54) is 12.3 Å². The van der Waals surface area contributed by atoms with Crippen LogP contribution in [0, 0.1) is 27.4 Å². The molecule has 0 radical (unpaired) electrons. The first-order chi connectivity index (χ1) is 9.13. The normalized spacial score (nSPS) is 19.7. The molecular weight excluding hydrogens is 248 g/mol. The molecule has 1 saturated heterocycles. The van der Waals surface area contributed by atoms with Crippen molar-refractivity contribution in [3.63, 3.8) is 0 Å². The first kappa shape index (κ1) is 13.2. The Morgan fingerprint density at radius 3 is 3.11 bits per heavy atom. The van der Waals surface area contributed by atoms with Gasteiger partial charge >= 0.3 is 5.69 Å². The maximum atomic E-state index is 11.1. The highest BCUT2D eigenvalue weighted by Crippen LogP contribution is 2.28. The zero-order chi connectivity index (χ0) is 13.8. The second-order valence-electron chi connectivity index (χ2n) is 4.48. The van der Waals surface area contributed by atoms with E-state index in [0.29, 0.717) is 19.1 Å². The van der Waals surface area contributed by atoms with E-state index in [2.05, 4.69) is 10.3 Å². The number of nitro groups is 1. The predicted molar refractivity (Wildman–Crippen MR) is 67.6 cm³/mol. The number of nitrogens with one attached hydrogen (secondary N) is 1. The minimum atomic E-state index is -0.578. The van der Waals surface area contributed by atoms with Crippen LogP contribution in [0.3, 0.4) is 0 Å². The molecule has 7 nitrogen and oxygen atoms in total. The Bertz CT molecular complexity index is 520. The summed E-state index contributed by atoms with van der Waals surface area (Å²) in [5.41, 5.74) is -0.256. The van der Waals surface area contributed by atoms with Crippen molar-refractivity contribution in [2.24, 2.45) is 5.92 Å². The molecule has 100 valence electrons. The van der Waals surface area contributed by atoms with Gasteiger partial charge in [-0.1, -0.05) is 0 Å². The van der Waals surface area contributed by atoms with Gasteiger partial charge in [0.2, 0.25) is 5.82 Å². The number of hydrogen-bond donors (Lipinski definition) is 1. The highest BCUT2D eigenvalue weighted by Gasteiger charge is 2.27. The highest BCUT2D eigenvalue weighted by atomic mass is 16.6. The number of anilines is 1. The molecule has 1 aliphatic rings. The molecule has 0 aliphatic carbocycles. The molecular formula is C12H14N4O3.